The molecule has 178 valence electrons. The minimum atomic E-state index is -0.155. The fraction of sp³-hybridized carbons (Fsp3) is 0.652. The maximum atomic E-state index is 12.9. The van der Waals surface area contributed by atoms with Crippen LogP contribution in [0.15, 0.2) is 12.1 Å². The molecule has 0 radical (unpaired) electrons. The van der Waals surface area contributed by atoms with E-state index in [1.807, 2.05) is 25.9 Å². The highest BCUT2D eigenvalue weighted by Gasteiger charge is 2.27. The van der Waals surface area contributed by atoms with E-state index >= 15 is 0 Å². The summed E-state index contributed by atoms with van der Waals surface area (Å²) in [6, 6.07) is 3.38. The zero-order valence-electron chi connectivity index (χ0n) is 19.4. The molecule has 32 heavy (non-hydrogen) atoms. The summed E-state index contributed by atoms with van der Waals surface area (Å²) in [6.07, 6.45) is 4.26. The number of nitrogens with one attached hydrogen (secondary N) is 1. The summed E-state index contributed by atoms with van der Waals surface area (Å²) >= 11 is 11.6. The average Bonchev–Trinajstić information content (AvgIpc) is 2.77. The van der Waals surface area contributed by atoms with Crippen LogP contribution < -0.4 is 15.8 Å². The van der Waals surface area contributed by atoms with E-state index in [1.54, 1.807) is 12.1 Å². The van der Waals surface area contributed by atoms with Crippen LogP contribution in [0.4, 0.5) is 5.69 Å². The van der Waals surface area contributed by atoms with E-state index in [0.717, 1.165) is 50.7 Å². The maximum Gasteiger partial charge on any atom is 0.255 e. The fourth-order valence-electron chi connectivity index (χ4n) is 4.50. The molecule has 2 aliphatic rings. The van der Waals surface area contributed by atoms with Gasteiger partial charge in [-0.05, 0) is 56.8 Å². The SMILES string of the molecule is CCOc1cc(N)c(Cl)cc1C(=O)NC1CCN(CC2CCN(C(=S)N(C)C)CC2)CC1. The number of hydrogen-bond donors (Lipinski definition) is 2. The largest absolute Gasteiger partial charge is 0.493 e. The van der Waals surface area contributed by atoms with E-state index in [1.165, 1.54) is 12.8 Å². The van der Waals surface area contributed by atoms with Crippen molar-refractivity contribution in [3.63, 3.8) is 0 Å². The lowest BCUT2D eigenvalue weighted by Crippen LogP contribution is -2.48. The minimum absolute atomic E-state index is 0.155. The Morgan fingerprint density at radius 3 is 2.47 bits per heavy atom. The van der Waals surface area contributed by atoms with Gasteiger partial charge in [0, 0.05) is 58.9 Å². The number of piperidine rings is 2. The van der Waals surface area contributed by atoms with Crippen LogP contribution in [0, 0.1) is 5.92 Å². The number of rotatable bonds is 6. The number of amides is 1. The molecular formula is C23H36ClN5O2S. The molecule has 3 rings (SSSR count). The number of ether oxygens (including phenoxy) is 1. The lowest BCUT2D eigenvalue weighted by atomic mass is 9.95. The van der Waals surface area contributed by atoms with E-state index in [4.69, 9.17) is 34.3 Å². The Bertz CT molecular complexity index is 806. The summed E-state index contributed by atoms with van der Waals surface area (Å²) in [5.74, 6) is 1.04. The molecule has 1 aromatic rings. The number of benzene rings is 1. The smallest absolute Gasteiger partial charge is 0.255 e. The highest BCUT2D eigenvalue weighted by molar-refractivity contribution is 7.80. The Labute approximate surface area is 202 Å². The first-order valence-electron chi connectivity index (χ1n) is 11.5. The van der Waals surface area contributed by atoms with Crippen molar-refractivity contribution in [2.24, 2.45) is 5.92 Å². The molecule has 0 spiro atoms. The Balaban J connectivity index is 1.45. The van der Waals surface area contributed by atoms with Crippen LogP contribution >= 0.6 is 23.8 Å². The van der Waals surface area contributed by atoms with Crippen LogP contribution in [0.25, 0.3) is 0 Å². The number of nitrogens with zero attached hydrogens (tertiary/aromatic N) is 3. The zero-order chi connectivity index (χ0) is 23.3. The molecule has 1 amide bonds. The van der Waals surface area contributed by atoms with E-state index in [0.29, 0.717) is 34.5 Å². The molecule has 0 aromatic heterocycles. The number of carbonyl (C=O) groups is 1. The van der Waals surface area contributed by atoms with Crippen molar-refractivity contribution in [1.29, 1.82) is 0 Å². The Kier molecular flexibility index (Phi) is 8.85. The number of thiocarbonyl (C=S) groups is 1. The number of anilines is 1. The number of hydrogen-bond acceptors (Lipinski definition) is 5. The predicted molar refractivity (Wildman–Crippen MR) is 135 cm³/mol. The first-order valence-corrected chi connectivity index (χ1v) is 12.3. The standard InChI is InChI=1S/C23H36ClN5O2S/c1-4-31-21-14-20(25)19(24)13-18(21)22(30)26-17-7-9-28(10-8-17)15-16-5-11-29(12-6-16)23(32)27(2)3/h13-14,16-17H,4-12,15,25H2,1-3H3,(H,26,30). The molecule has 0 saturated carbocycles. The average molecular weight is 482 g/mol. The number of likely N-dealkylation sites (tertiary alicyclic amines) is 2. The van der Waals surface area contributed by atoms with Gasteiger partial charge in [0.05, 0.1) is 22.9 Å². The summed E-state index contributed by atoms with van der Waals surface area (Å²) in [5, 5.41) is 4.47. The van der Waals surface area contributed by atoms with Gasteiger partial charge in [-0.15, -0.1) is 0 Å². The van der Waals surface area contributed by atoms with Gasteiger partial charge in [0.15, 0.2) is 5.11 Å². The fourth-order valence-corrected chi connectivity index (χ4v) is 4.85. The van der Waals surface area contributed by atoms with Crippen molar-refractivity contribution in [2.45, 2.75) is 38.6 Å². The van der Waals surface area contributed by atoms with Gasteiger partial charge in [-0.3, -0.25) is 4.79 Å². The van der Waals surface area contributed by atoms with Gasteiger partial charge in [0.1, 0.15) is 5.75 Å². The van der Waals surface area contributed by atoms with Gasteiger partial charge in [-0.25, -0.2) is 0 Å². The van der Waals surface area contributed by atoms with Gasteiger partial charge in [0.25, 0.3) is 5.91 Å². The summed E-state index contributed by atoms with van der Waals surface area (Å²) in [6.45, 7) is 7.55. The van der Waals surface area contributed by atoms with Gasteiger partial charge >= 0.3 is 0 Å². The topological polar surface area (TPSA) is 74.1 Å². The quantitative estimate of drug-likeness (QED) is 0.477. The van der Waals surface area contributed by atoms with Gasteiger partial charge < -0.3 is 30.5 Å². The zero-order valence-corrected chi connectivity index (χ0v) is 21.0. The van der Waals surface area contributed by atoms with Crippen LogP contribution in [0.2, 0.25) is 5.02 Å². The van der Waals surface area contributed by atoms with Crippen molar-refractivity contribution < 1.29 is 9.53 Å². The molecule has 0 aliphatic carbocycles. The Morgan fingerprint density at radius 1 is 1.22 bits per heavy atom. The molecule has 2 aliphatic heterocycles. The monoisotopic (exact) mass is 481 g/mol. The summed E-state index contributed by atoms with van der Waals surface area (Å²) in [7, 11) is 4.02. The highest BCUT2D eigenvalue weighted by atomic mass is 35.5. The van der Waals surface area contributed by atoms with E-state index in [-0.39, 0.29) is 11.9 Å². The molecule has 2 fully saturated rings. The molecule has 0 unspecified atom stereocenters. The van der Waals surface area contributed by atoms with Crippen molar-refractivity contribution in [2.75, 3.05) is 59.2 Å². The molecule has 3 N–H and O–H groups in total. The summed E-state index contributed by atoms with van der Waals surface area (Å²) in [4.78, 5) is 19.8. The van der Waals surface area contributed by atoms with Crippen molar-refractivity contribution in [3.8, 4) is 5.75 Å². The number of nitrogen functional groups attached to an aromatic ring is 1. The molecular weight excluding hydrogens is 446 g/mol. The highest BCUT2D eigenvalue weighted by Crippen LogP contribution is 2.29. The number of carbonyl (C=O) groups excluding carboxylic acids is 1. The first kappa shape index (κ1) is 24.9. The van der Waals surface area contributed by atoms with Crippen molar-refractivity contribution in [3.05, 3.63) is 22.7 Å². The first-order chi connectivity index (χ1) is 15.3. The van der Waals surface area contributed by atoms with E-state index < -0.39 is 0 Å². The van der Waals surface area contributed by atoms with Crippen LogP contribution in [0.3, 0.4) is 0 Å². The Hall–Kier alpha value is -1.77. The van der Waals surface area contributed by atoms with E-state index in [9.17, 15) is 4.79 Å². The summed E-state index contributed by atoms with van der Waals surface area (Å²) < 4.78 is 5.60. The molecule has 2 saturated heterocycles. The lowest BCUT2D eigenvalue weighted by molar-refractivity contribution is 0.0894. The molecule has 1 aromatic carbocycles. The van der Waals surface area contributed by atoms with Crippen molar-refractivity contribution >= 4 is 40.5 Å². The normalized spacial score (nSPS) is 18.4. The van der Waals surface area contributed by atoms with Gasteiger partial charge in [-0.2, -0.15) is 0 Å². The molecule has 9 heteroatoms. The van der Waals surface area contributed by atoms with E-state index in [2.05, 4.69) is 15.1 Å². The third kappa shape index (κ3) is 6.39. The van der Waals surface area contributed by atoms with Crippen molar-refractivity contribution in [1.82, 2.24) is 20.0 Å². The van der Waals surface area contributed by atoms with Gasteiger partial charge in [-0.1, -0.05) is 11.6 Å². The third-order valence-corrected chi connectivity index (χ3v) is 7.30. The number of halogens is 1. The lowest BCUT2D eigenvalue weighted by Gasteiger charge is -2.39. The molecule has 7 nitrogen and oxygen atoms in total. The van der Waals surface area contributed by atoms with Crippen LogP contribution in [-0.2, 0) is 0 Å². The predicted octanol–water partition coefficient (Wildman–Crippen LogP) is 3.07. The Morgan fingerprint density at radius 2 is 1.88 bits per heavy atom. The second-order valence-corrected chi connectivity index (χ2v) is 9.73. The molecule has 2 heterocycles. The third-order valence-electron chi connectivity index (χ3n) is 6.35. The second-order valence-electron chi connectivity index (χ2n) is 8.96. The van der Waals surface area contributed by atoms with Crippen LogP contribution in [0.5, 0.6) is 5.75 Å². The second kappa shape index (κ2) is 11.4. The van der Waals surface area contributed by atoms with Gasteiger partial charge in [0.2, 0.25) is 0 Å². The maximum absolute atomic E-state index is 12.9. The number of nitrogens with two attached hydrogens (primary N) is 1. The van der Waals surface area contributed by atoms with Crippen LogP contribution in [0.1, 0.15) is 43.0 Å². The molecule has 0 bridgehead atoms. The minimum Gasteiger partial charge on any atom is -0.493 e. The van der Waals surface area contributed by atoms with Crippen LogP contribution in [-0.4, -0.2) is 85.2 Å². The molecule has 0 atom stereocenters. The summed E-state index contributed by atoms with van der Waals surface area (Å²) in [5.41, 5.74) is 6.72.